The summed E-state index contributed by atoms with van der Waals surface area (Å²) in [5.41, 5.74) is 4.27. The van der Waals surface area contributed by atoms with Crippen LogP contribution in [0.25, 0.3) is 0 Å². The number of fused-ring (bicyclic) bond motifs is 1. The van der Waals surface area contributed by atoms with Gasteiger partial charge < -0.3 is 24.3 Å². The Labute approximate surface area is 187 Å². The number of rotatable bonds is 6. The monoisotopic (exact) mass is 433 g/mol. The molecule has 0 spiro atoms. The van der Waals surface area contributed by atoms with Crippen molar-refractivity contribution in [3.8, 4) is 11.5 Å². The number of pyridine rings is 1. The van der Waals surface area contributed by atoms with Gasteiger partial charge in [0.15, 0.2) is 11.5 Å². The molecule has 0 radical (unpaired) electrons. The molecule has 0 bridgehead atoms. The lowest BCUT2D eigenvalue weighted by Gasteiger charge is -2.29. The van der Waals surface area contributed by atoms with Crippen LogP contribution in [-0.2, 0) is 26.1 Å². The molecule has 0 unspecified atom stereocenters. The van der Waals surface area contributed by atoms with Crippen LogP contribution in [0, 0.1) is 0 Å². The first-order valence-corrected chi connectivity index (χ1v) is 10.6. The largest absolute Gasteiger partial charge is 0.493 e. The maximum atomic E-state index is 12.7. The van der Waals surface area contributed by atoms with Gasteiger partial charge in [0.2, 0.25) is 0 Å². The highest BCUT2D eigenvalue weighted by Crippen LogP contribution is 2.33. The minimum Gasteiger partial charge on any atom is -0.493 e. The maximum absolute atomic E-state index is 12.7. The summed E-state index contributed by atoms with van der Waals surface area (Å²) in [5, 5.41) is 3.00. The van der Waals surface area contributed by atoms with Gasteiger partial charge in [0.05, 0.1) is 20.8 Å². The van der Waals surface area contributed by atoms with Crippen molar-refractivity contribution in [3.63, 3.8) is 0 Å². The molecule has 1 aliphatic heterocycles. The lowest BCUT2D eigenvalue weighted by atomic mass is 9.99. The van der Waals surface area contributed by atoms with Crippen LogP contribution in [0.4, 0.5) is 4.79 Å². The molecular weight excluding hydrogens is 406 g/mol. The van der Waals surface area contributed by atoms with Crippen molar-refractivity contribution in [1.29, 1.82) is 0 Å². The first-order valence-electron chi connectivity index (χ1n) is 10.6. The lowest BCUT2D eigenvalue weighted by molar-refractivity contribution is 0.191. The Balaban J connectivity index is 1.34. The first-order chi connectivity index (χ1) is 15.6. The van der Waals surface area contributed by atoms with Crippen LogP contribution in [0.5, 0.6) is 11.5 Å². The number of hydrogen-bond acceptors (Lipinski definition) is 4. The predicted molar refractivity (Wildman–Crippen MR) is 122 cm³/mol. The highest BCUT2D eigenvalue weighted by molar-refractivity contribution is 5.74. The Morgan fingerprint density at radius 2 is 1.66 bits per heavy atom. The van der Waals surface area contributed by atoms with Gasteiger partial charge in [0.25, 0.3) is 5.56 Å². The van der Waals surface area contributed by atoms with E-state index in [2.05, 4.69) is 5.32 Å². The van der Waals surface area contributed by atoms with Gasteiger partial charge in [0.1, 0.15) is 0 Å². The first kappa shape index (κ1) is 21.5. The minimum absolute atomic E-state index is 0.0250. The molecule has 0 fully saturated rings. The number of hydrogen-bond donors (Lipinski definition) is 1. The van der Waals surface area contributed by atoms with E-state index in [1.165, 1.54) is 5.56 Å². The quantitative estimate of drug-likeness (QED) is 0.648. The molecule has 2 aromatic carbocycles. The topological polar surface area (TPSA) is 72.8 Å². The second kappa shape index (κ2) is 9.60. The van der Waals surface area contributed by atoms with Gasteiger partial charge in [-0.1, -0.05) is 30.3 Å². The Bertz CT molecular complexity index is 1150. The van der Waals surface area contributed by atoms with E-state index in [1.54, 1.807) is 37.1 Å². The summed E-state index contributed by atoms with van der Waals surface area (Å²) in [5.74, 6) is 1.39. The van der Waals surface area contributed by atoms with Crippen LogP contribution in [-0.4, -0.2) is 36.3 Å². The number of benzene rings is 2. The number of carbonyl (C=O) groups is 1. The van der Waals surface area contributed by atoms with E-state index in [-0.39, 0.29) is 11.6 Å². The van der Waals surface area contributed by atoms with Crippen LogP contribution in [0.2, 0.25) is 0 Å². The smallest absolute Gasteiger partial charge is 0.317 e. The third-order valence-corrected chi connectivity index (χ3v) is 5.72. The molecule has 1 N–H and O–H groups in total. The molecule has 4 rings (SSSR count). The molecule has 3 aromatic rings. The van der Waals surface area contributed by atoms with Gasteiger partial charge in [-0.15, -0.1) is 0 Å². The summed E-state index contributed by atoms with van der Waals surface area (Å²) in [6.45, 7) is 2.15. The lowest BCUT2D eigenvalue weighted by Crippen LogP contribution is -2.42. The Kier molecular flexibility index (Phi) is 6.44. The van der Waals surface area contributed by atoms with Gasteiger partial charge >= 0.3 is 6.03 Å². The molecule has 7 nitrogen and oxygen atoms in total. The van der Waals surface area contributed by atoms with Crippen molar-refractivity contribution in [1.82, 2.24) is 14.8 Å². The molecule has 0 saturated carbocycles. The van der Waals surface area contributed by atoms with Crippen molar-refractivity contribution in [2.45, 2.75) is 26.1 Å². The van der Waals surface area contributed by atoms with E-state index in [1.807, 2.05) is 47.4 Å². The highest BCUT2D eigenvalue weighted by Gasteiger charge is 2.22. The van der Waals surface area contributed by atoms with Crippen molar-refractivity contribution in [2.24, 2.45) is 0 Å². The normalized spacial score (nSPS) is 12.8. The van der Waals surface area contributed by atoms with Crippen molar-refractivity contribution in [3.05, 3.63) is 93.4 Å². The van der Waals surface area contributed by atoms with Crippen molar-refractivity contribution < 1.29 is 14.3 Å². The third kappa shape index (κ3) is 4.77. The Morgan fingerprint density at radius 3 is 2.34 bits per heavy atom. The van der Waals surface area contributed by atoms with Crippen LogP contribution < -0.4 is 20.3 Å². The van der Waals surface area contributed by atoms with Crippen molar-refractivity contribution >= 4 is 6.03 Å². The van der Waals surface area contributed by atoms with E-state index in [0.717, 1.165) is 23.1 Å². The molecule has 2 amide bonds. The van der Waals surface area contributed by atoms with E-state index >= 15 is 0 Å². The number of nitrogens with zero attached hydrogens (tertiary/aromatic N) is 2. The average Bonchev–Trinajstić information content (AvgIpc) is 2.83. The molecule has 1 aromatic heterocycles. The Hall–Kier alpha value is -3.74. The predicted octanol–water partition coefficient (Wildman–Crippen LogP) is 3.18. The van der Waals surface area contributed by atoms with Gasteiger partial charge in [-0.25, -0.2) is 4.79 Å². The second-order valence-electron chi connectivity index (χ2n) is 7.79. The fourth-order valence-corrected chi connectivity index (χ4v) is 3.90. The molecule has 32 heavy (non-hydrogen) atoms. The summed E-state index contributed by atoms with van der Waals surface area (Å²) in [4.78, 5) is 26.4. The van der Waals surface area contributed by atoms with Gasteiger partial charge in [-0.3, -0.25) is 4.79 Å². The number of aromatic nitrogens is 1. The summed E-state index contributed by atoms with van der Waals surface area (Å²) >= 11 is 0. The van der Waals surface area contributed by atoms with Crippen LogP contribution in [0.15, 0.2) is 65.6 Å². The second-order valence-corrected chi connectivity index (χ2v) is 7.79. The van der Waals surface area contributed by atoms with Gasteiger partial charge in [-0.05, 0) is 46.9 Å². The summed E-state index contributed by atoms with van der Waals surface area (Å²) in [6, 6.07) is 16.9. The number of carbonyl (C=O) groups excluding carboxylic acids is 1. The number of nitrogens with one attached hydrogen (secondary N) is 1. The molecular formula is C25H27N3O4. The number of amides is 2. The highest BCUT2D eigenvalue weighted by atomic mass is 16.5. The Morgan fingerprint density at radius 1 is 0.969 bits per heavy atom. The molecule has 0 saturated heterocycles. The number of methoxy groups -OCH3 is 2. The average molecular weight is 434 g/mol. The van der Waals surface area contributed by atoms with Gasteiger partial charge in [-0.2, -0.15) is 0 Å². The van der Waals surface area contributed by atoms with Crippen LogP contribution in [0.1, 0.15) is 22.3 Å². The molecule has 0 atom stereocenters. The molecule has 7 heteroatoms. The van der Waals surface area contributed by atoms with Crippen molar-refractivity contribution in [2.75, 3.05) is 20.8 Å². The zero-order valence-corrected chi connectivity index (χ0v) is 18.3. The van der Waals surface area contributed by atoms with E-state index in [0.29, 0.717) is 37.7 Å². The third-order valence-electron chi connectivity index (χ3n) is 5.72. The molecule has 166 valence electrons. The summed E-state index contributed by atoms with van der Waals surface area (Å²) < 4.78 is 12.4. The summed E-state index contributed by atoms with van der Waals surface area (Å²) in [6.07, 6.45) is 2.55. The SMILES string of the molecule is COc1cc2c(cc1OC)CN(C(=O)NCc1ccc(Cn3ccccc3=O)cc1)CC2. The van der Waals surface area contributed by atoms with E-state index in [9.17, 15) is 9.59 Å². The molecule has 0 aliphatic carbocycles. The van der Waals surface area contributed by atoms with Crippen LogP contribution >= 0.6 is 0 Å². The fraction of sp³-hybridized carbons (Fsp3) is 0.280. The van der Waals surface area contributed by atoms with Crippen LogP contribution in [0.3, 0.4) is 0 Å². The number of ether oxygens (including phenoxy) is 2. The standard InChI is InChI=1S/C25H27N3O4/c1-31-22-13-20-10-12-28(17-21(20)14-23(22)32-2)25(30)26-15-18-6-8-19(9-7-18)16-27-11-4-3-5-24(27)29/h3-9,11,13-14H,10,12,15-17H2,1-2H3,(H,26,30). The molecule has 1 aliphatic rings. The molecule has 2 heterocycles. The minimum atomic E-state index is -0.0923. The fourth-order valence-electron chi connectivity index (χ4n) is 3.90. The summed E-state index contributed by atoms with van der Waals surface area (Å²) in [7, 11) is 3.24. The maximum Gasteiger partial charge on any atom is 0.317 e. The number of urea groups is 1. The van der Waals surface area contributed by atoms with Gasteiger partial charge in [0, 0.05) is 31.9 Å². The van der Waals surface area contributed by atoms with E-state index in [4.69, 9.17) is 9.47 Å². The van der Waals surface area contributed by atoms with E-state index < -0.39 is 0 Å². The zero-order chi connectivity index (χ0) is 22.5. The zero-order valence-electron chi connectivity index (χ0n) is 18.3.